The third-order valence-electron chi connectivity index (χ3n) is 1.84. The first-order chi connectivity index (χ1) is 5.66. The fourth-order valence-corrected chi connectivity index (χ4v) is 0.971. The Morgan fingerprint density at radius 1 is 1.33 bits per heavy atom. The van der Waals surface area contributed by atoms with Gasteiger partial charge in [0.2, 0.25) is 0 Å². The maximum absolute atomic E-state index is 5.76. The summed E-state index contributed by atoms with van der Waals surface area (Å²) in [6.07, 6.45) is 3.26. The molecule has 2 heteroatoms. The highest BCUT2D eigenvalue weighted by atomic mass is 16.5. The van der Waals surface area contributed by atoms with Crippen LogP contribution in [0.4, 0.5) is 0 Å². The molecule has 0 saturated heterocycles. The lowest BCUT2D eigenvalue weighted by atomic mass is 10.1. The van der Waals surface area contributed by atoms with Crippen LogP contribution in [0.25, 0.3) is 0 Å². The van der Waals surface area contributed by atoms with Gasteiger partial charge in [-0.3, -0.25) is 0 Å². The van der Waals surface area contributed by atoms with Crippen molar-refractivity contribution in [1.29, 1.82) is 0 Å². The van der Waals surface area contributed by atoms with Crippen LogP contribution in [0.2, 0.25) is 0 Å². The summed E-state index contributed by atoms with van der Waals surface area (Å²) in [5.41, 5.74) is 5.76. The van der Waals surface area contributed by atoms with Gasteiger partial charge in [0.25, 0.3) is 0 Å². The summed E-state index contributed by atoms with van der Waals surface area (Å²) in [5, 5.41) is 0. The van der Waals surface area contributed by atoms with E-state index in [0.29, 0.717) is 12.0 Å². The van der Waals surface area contributed by atoms with Gasteiger partial charge in [-0.05, 0) is 25.2 Å². The van der Waals surface area contributed by atoms with Crippen LogP contribution in [0, 0.1) is 5.92 Å². The first-order valence-electron chi connectivity index (χ1n) is 5.00. The lowest BCUT2D eigenvalue weighted by Crippen LogP contribution is -2.19. The summed E-state index contributed by atoms with van der Waals surface area (Å²) < 4.78 is 5.43. The van der Waals surface area contributed by atoms with Crippen molar-refractivity contribution in [2.24, 2.45) is 11.7 Å². The van der Waals surface area contributed by atoms with E-state index in [1.807, 2.05) is 0 Å². The zero-order valence-electron chi connectivity index (χ0n) is 8.68. The van der Waals surface area contributed by atoms with Crippen molar-refractivity contribution >= 4 is 0 Å². The molecular formula is C10H23NO. The summed E-state index contributed by atoms with van der Waals surface area (Å²) in [6, 6.07) is 0.368. The van der Waals surface area contributed by atoms with Crippen molar-refractivity contribution in [3.8, 4) is 0 Å². The molecule has 0 aromatic rings. The molecule has 2 N–H and O–H groups in total. The van der Waals surface area contributed by atoms with Gasteiger partial charge in [0.05, 0.1) is 0 Å². The van der Waals surface area contributed by atoms with Crippen LogP contribution < -0.4 is 5.73 Å². The Bertz CT molecular complexity index is 93.8. The van der Waals surface area contributed by atoms with Gasteiger partial charge < -0.3 is 10.5 Å². The second-order valence-corrected chi connectivity index (χ2v) is 3.78. The third-order valence-corrected chi connectivity index (χ3v) is 1.84. The molecular weight excluding hydrogens is 150 g/mol. The minimum atomic E-state index is 0.368. The van der Waals surface area contributed by atoms with E-state index < -0.39 is 0 Å². The van der Waals surface area contributed by atoms with Crippen molar-refractivity contribution in [3.05, 3.63) is 0 Å². The van der Waals surface area contributed by atoms with Gasteiger partial charge in [0.15, 0.2) is 0 Å². The monoisotopic (exact) mass is 173 g/mol. The average Bonchev–Trinajstić information content (AvgIpc) is 2.03. The zero-order chi connectivity index (χ0) is 9.40. The number of rotatable bonds is 7. The number of ether oxygens (including phenoxy) is 1. The molecule has 0 bridgehead atoms. The molecule has 74 valence electrons. The Labute approximate surface area is 76.5 Å². The maximum atomic E-state index is 5.76. The highest BCUT2D eigenvalue weighted by Gasteiger charge is 1.98. The van der Waals surface area contributed by atoms with Crippen LogP contribution in [0.3, 0.4) is 0 Å². The standard InChI is InChI=1S/C10H23NO/c1-4-10(11)6-5-7-12-8-9(2)3/h9-10H,4-8,11H2,1-3H3. The molecule has 1 unspecified atom stereocenters. The van der Waals surface area contributed by atoms with Crippen LogP contribution in [-0.2, 0) is 4.74 Å². The van der Waals surface area contributed by atoms with Crippen LogP contribution in [0.15, 0.2) is 0 Å². The molecule has 0 fully saturated rings. The van der Waals surface area contributed by atoms with Gasteiger partial charge in [-0.1, -0.05) is 20.8 Å². The van der Waals surface area contributed by atoms with Crippen LogP contribution in [-0.4, -0.2) is 19.3 Å². The topological polar surface area (TPSA) is 35.2 Å². The highest BCUT2D eigenvalue weighted by molar-refractivity contribution is 4.57. The first-order valence-corrected chi connectivity index (χ1v) is 5.00. The van der Waals surface area contributed by atoms with Crippen molar-refractivity contribution in [3.63, 3.8) is 0 Å². The van der Waals surface area contributed by atoms with E-state index in [4.69, 9.17) is 10.5 Å². The van der Waals surface area contributed by atoms with E-state index in [1.165, 1.54) is 0 Å². The van der Waals surface area contributed by atoms with Gasteiger partial charge >= 0.3 is 0 Å². The van der Waals surface area contributed by atoms with Crippen LogP contribution >= 0.6 is 0 Å². The molecule has 0 aliphatic heterocycles. The minimum Gasteiger partial charge on any atom is -0.381 e. The summed E-state index contributed by atoms with van der Waals surface area (Å²) in [6.45, 7) is 8.20. The fourth-order valence-electron chi connectivity index (χ4n) is 0.971. The Morgan fingerprint density at radius 2 is 2.00 bits per heavy atom. The molecule has 0 aromatic heterocycles. The summed E-state index contributed by atoms with van der Waals surface area (Å²) >= 11 is 0. The fraction of sp³-hybridized carbons (Fsp3) is 1.00. The molecule has 0 saturated carbocycles. The van der Waals surface area contributed by atoms with E-state index >= 15 is 0 Å². The molecule has 0 rings (SSSR count). The second kappa shape index (κ2) is 7.56. The number of hydrogen-bond donors (Lipinski definition) is 1. The molecule has 2 nitrogen and oxygen atoms in total. The predicted molar refractivity (Wildman–Crippen MR) is 53.2 cm³/mol. The summed E-state index contributed by atoms with van der Waals surface area (Å²) in [7, 11) is 0. The molecule has 0 aliphatic rings. The van der Waals surface area contributed by atoms with Crippen molar-refractivity contribution < 1.29 is 4.74 Å². The van der Waals surface area contributed by atoms with Crippen LogP contribution in [0.1, 0.15) is 40.0 Å². The molecule has 0 aromatic carbocycles. The Morgan fingerprint density at radius 3 is 2.50 bits per heavy atom. The van der Waals surface area contributed by atoms with Gasteiger partial charge in [-0.2, -0.15) is 0 Å². The molecule has 0 heterocycles. The van der Waals surface area contributed by atoms with E-state index in [1.54, 1.807) is 0 Å². The Kier molecular flexibility index (Phi) is 7.51. The minimum absolute atomic E-state index is 0.368. The smallest absolute Gasteiger partial charge is 0.0488 e. The van der Waals surface area contributed by atoms with E-state index in [9.17, 15) is 0 Å². The Balaban J connectivity index is 3.00. The van der Waals surface area contributed by atoms with Gasteiger partial charge in [0, 0.05) is 19.3 Å². The lowest BCUT2D eigenvalue weighted by Gasteiger charge is -2.09. The number of nitrogens with two attached hydrogens (primary N) is 1. The van der Waals surface area contributed by atoms with Crippen molar-refractivity contribution in [2.45, 2.75) is 46.1 Å². The maximum Gasteiger partial charge on any atom is 0.0488 e. The highest BCUT2D eigenvalue weighted by Crippen LogP contribution is 2.00. The summed E-state index contributed by atoms with van der Waals surface area (Å²) in [5.74, 6) is 0.643. The molecule has 0 spiro atoms. The quantitative estimate of drug-likeness (QED) is 0.599. The van der Waals surface area contributed by atoms with E-state index in [2.05, 4.69) is 20.8 Å². The summed E-state index contributed by atoms with van der Waals surface area (Å²) in [4.78, 5) is 0. The van der Waals surface area contributed by atoms with Gasteiger partial charge in [-0.15, -0.1) is 0 Å². The average molecular weight is 173 g/mol. The first kappa shape index (κ1) is 11.9. The Hall–Kier alpha value is -0.0800. The molecule has 0 radical (unpaired) electrons. The normalized spacial score (nSPS) is 13.8. The predicted octanol–water partition coefficient (Wildman–Crippen LogP) is 2.18. The van der Waals surface area contributed by atoms with E-state index in [0.717, 1.165) is 32.5 Å². The molecule has 0 aliphatic carbocycles. The molecule has 0 amide bonds. The molecule has 12 heavy (non-hydrogen) atoms. The number of hydrogen-bond acceptors (Lipinski definition) is 2. The largest absolute Gasteiger partial charge is 0.381 e. The van der Waals surface area contributed by atoms with E-state index in [-0.39, 0.29) is 0 Å². The lowest BCUT2D eigenvalue weighted by molar-refractivity contribution is 0.105. The van der Waals surface area contributed by atoms with Crippen molar-refractivity contribution in [2.75, 3.05) is 13.2 Å². The zero-order valence-corrected chi connectivity index (χ0v) is 8.68. The SMILES string of the molecule is CCC(N)CCCOCC(C)C. The van der Waals surface area contributed by atoms with Gasteiger partial charge in [-0.25, -0.2) is 0 Å². The third kappa shape index (κ3) is 8.02. The van der Waals surface area contributed by atoms with Crippen LogP contribution in [0.5, 0.6) is 0 Å². The van der Waals surface area contributed by atoms with Gasteiger partial charge in [0.1, 0.15) is 0 Å². The van der Waals surface area contributed by atoms with Crippen molar-refractivity contribution in [1.82, 2.24) is 0 Å². The molecule has 1 atom stereocenters. The second-order valence-electron chi connectivity index (χ2n) is 3.78.